The molecule has 1 radical (unpaired) electrons. The van der Waals surface area contributed by atoms with Gasteiger partial charge in [0.05, 0.1) is 24.9 Å². The largest absolute Gasteiger partial charge is 0.130 e. The van der Waals surface area contributed by atoms with Gasteiger partial charge in [0.1, 0.15) is 0 Å². The zero-order valence-corrected chi connectivity index (χ0v) is 14.1. The average molecular weight is 252 g/mol. The van der Waals surface area contributed by atoms with E-state index < -0.39 is 24.9 Å². The molecule has 0 aromatic rings. The Bertz CT molecular complexity index is 162. The van der Waals surface area contributed by atoms with E-state index in [0.717, 1.165) is 0 Å². The molecule has 0 bridgehead atoms. The van der Waals surface area contributed by atoms with Crippen molar-refractivity contribution in [3.05, 3.63) is 0 Å². The molecule has 0 saturated heterocycles. The summed E-state index contributed by atoms with van der Waals surface area (Å²) in [6.07, 6.45) is 0. The van der Waals surface area contributed by atoms with Crippen LogP contribution in [-0.2, 0) is 0 Å². The minimum absolute atomic E-state index is 0.227. The molecule has 0 aliphatic rings. The predicted molar refractivity (Wildman–Crippen MR) is 72.8 cm³/mol. The summed E-state index contributed by atoms with van der Waals surface area (Å²) in [5.74, 6) is 0. The topological polar surface area (TPSA) is 0 Å². The lowest BCUT2D eigenvalue weighted by Crippen LogP contribution is -2.69. The van der Waals surface area contributed by atoms with Gasteiger partial charge in [0.2, 0.25) is 0 Å². The Kier molecular flexibility index (Phi) is 4.11. The second kappa shape index (κ2) is 3.83. The van der Waals surface area contributed by atoms with Gasteiger partial charge in [-0.15, -0.1) is 11.6 Å². The Balaban J connectivity index is 5.22. The second-order valence-corrected chi connectivity index (χ2v) is 22.4. The van der Waals surface area contributed by atoms with E-state index in [-0.39, 0.29) is 3.74 Å². The summed E-state index contributed by atoms with van der Waals surface area (Å²) in [5.41, 5.74) is 0. The highest BCUT2D eigenvalue weighted by atomic mass is 35.5. The first-order valence-electron chi connectivity index (χ1n) is 4.94. The molecule has 0 fully saturated rings. The molecule has 0 aliphatic heterocycles. The van der Waals surface area contributed by atoms with E-state index in [4.69, 9.17) is 11.6 Å². The first kappa shape index (κ1) is 13.9. The molecule has 0 saturated carbocycles. The van der Waals surface area contributed by atoms with Crippen molar-refractivity contribution >= 4 is 36.5 Å². The minimum Gasteiger partial charge on any atom is -0.130 e. The smallest absolute Gasteiger partial charge is 0.0614 e. The third-order valence-electron chi connectivity index (χ3n) is 2.76. The highest BCUT2D eigenvalue weighted by Crippen LogP contribution is 2.39. The fourth-order valence-electron chi connectivity index (χ4n) is 2.62. The number of alkyl halides is 1. The zero-order valence-electron chi connectivity index (χ0n) is 10.4. The monoisotopic (exact) mass is 251 g/mol. The van der Waals surface area contributed by atoms with Crippen LogP contribution in [-0.4, -0.2) is 28.7 Å². The normalized spacial score (nSPS) is 15.2. The maximum absolute atomic E-state index is 7.00. The quantitative estimate of drug-likeness (QED) is 0.525. The Labute approximate surface area is 92.7 Å². The molecule has 0 N–H and O–H groups in total. The lowest BCUT2D eigenvalue weighted by molar-refractivity contribution is 1.31. The predicted octanol–water partition coefficient (Wildman–Crippen LogP) is 4.01. The van der Waals surface area contributed by atoms with Crippen molar-refractivity contribution in [1.29, 1.82) is 0 Å². The third kappa shape index (κ3) is 2.49. The number of hydrogen-bond donors (Lipinski definition) is 0. The molecule has 0 aliphatic carbocycles. The Morgan fingerprint density at radius 1 is 0.846 bits per heavy atom. The van der Waals surface area contributed by atoms with E-state index in [0.29, 0.717) is 0 Å². The summed E-state index contributed by atoms with van der Waals surface area (Å²) in [6, 6.07) is 0. The second-order valence-electron chi connectivity index (χ2n) is 6.16. The molecule has 0 nitrogen and oxygen atoms in total. The molecule has 79 valence electrons. The van der Waals surface area contributed by atoms with E-state index in [9.17, 15) is 0 Å². The fourth-order valence-corrected chi connectivity index (χ4v) is 23.6. The van der Waals surface area contributed by atoms with Crippen LogP contribution in [0.4, 0.5) is 0 Å². The summed E-state index contributed by atoms with van der Waals surface area (Å²) in [5, 5.41) is 0. The number of hydrogen-bond acceptors (Lipinski definition) is 0. The first-order chi connectivity index (χ1) is 5.44. The molecule has 0 atom stereocenters. The molecule has 0 unspecified atom stereocenters. The summed E-state index contributed by atoms with van der Waals surface area (Å²) in [6.45, 7) is 19.3. The molecule has 0 aromatic heterocycles. The van der Waals surface area contributed by atoms with Crippen molar-refractivity contribution in [3.63, 3.8) is 0 Å². The van der Waals surface area contributed by atoms with E-state index in [1.807, 2.05) is 0 Å². The van der Waals surface area contributed by atoms with Crippen molar-refractivity contribution in [2.24, 2.45) is 0 Å². The van der Waals surface area contributed by atoms with Gasteiger partial charge in [-0.05, 0) is 0 Å². The summed E-state index contributed by atoms with van der Waals surface area (Å²) >= 11 is 7.00. The van der Waals surface area contributed by atoms with Crippen molar-refractivity contribution in [2.45, 2.75) is 56.1 Å². The van der Waals surface area contributed by atoms with Gasteiger partial charge in [-0.2, -0.15) is 0 Å². The van der Waals surface area contributed by atoms with E-state index in [2.05, 4.69) is 52.4 Å². The average Bonchev–Trinajstić information content (AvgIpc) is 1.80. The highest BCUT2D eigenvalue weighted by molar-refractivity contribution is 7.18. The molecule has 4 heteroatoms. The Hall–Kier alpha value is 0.941. The van der Waals surface area contributed by atoms with Crippen LogP contribution in [0.1, 0.15) is 0 Å². The molecule has 0 amide bonds. The van der Waals surface area contributed by atoms with Crippen molar-refractivity contribution in [2.75, 3.05) is 0 Å². The van der Waals surface area contributed by atoms with Gasteiger partial charge >= 0.3 is 0 Å². The van der Waals surface area contributed by atoms with Crippen LogP contribution >= 0.6 is 11.6 Å². The van der Waals surface area contributed by atoms with Gasteiger partial charge in [0.25, 0.3) is 0 Å². The number of rotatable bonds is 3. The molecule has 0 spiro atoms. The van der Waals surface area contributed by atoms with Crippen molar-refractivity contribution < 1.29 is 0 Å². The van der Waals surface area contributed by atoms with E-state index >= 15 is 0 Å². The maximum Gasteiger partial charge on any atom is 0.0614 e. The Morgan fingerprint density at radius 2 is 1.08 bits per heavy atom. The summed E-state index contributed by atoms with van der Waals surface area (Å²) in [4.78, 5) is 0. The van der Waals surface area contributed by atoms with E-state index in [1.54, 1.807) is 0 Å². The van der Waals surface area contributed by atoms with Crippen LogP contribution in [0.3, 0.4) is 0 Å². The maximum atomic E-state index is 7.00. The molecule has 0 aromatic carbocycles. The van der Waals surface area contributed by atoms with Crippen LogP contribution in [0.5, 0.6) is 0 Å². The standard InChI is InChI=1S/C9H24ClSi3/c1-11(2)9(10,12(3,4)5)13(6,7)8/h1-8H3. The van der Waals surface area contributed by atoms with Gasteiger partial charge in [0.15, 0.2) is 0 Å². The molecular formula is C9H24ClSi3. The summed E-state index contributed by atoms with van der Waals surface area (Å²) in [7, 11) is -2.87. The van der Waals surface area contributed by atoms with Crippen LogP contribution < -0.4 is 0 Å². The van der Waals surface area contributed by atoms with Crippen LogP contribution in [0.15, 0.2) is 0 Å². The van der Waals surface area contributed by atoms with Crippen LogP contribution in [0.25, 0.3) is 0 Å². The van der Waals surface area contributed by atoms with Gasteiger partial charge in [-0.3, -0.25) is 0 Å². The zero-order chi connectivity index (χ0) is 11.1. The van der Waals surface area contributed by atoms with E-state index in [1.165, 1.54) is 0 Å². The molecule has 13 heavy (non-hydrogen) atoms. The third-order valence-corrected chi connectivity index (χ3v) is 24.8. The van der Waals surface area contributed by atoms with Gasteiger partial charge in [0, 0.05) is 3.74 Å². The first-order valence-corrected chi connectivity index (χ1v) is 14.8. The SMILES string of the molecule is C[Si](C)C(Cl)([Si](C)(C)C)[Si](C)(C)C. The molecular weight excluding hydrogens is 228 g/mol. The van der Waals surface area contributed by atoms with Gasteiger partial charge in [-0.1, -0.05) is 52.4 Å². The van der Waals surface area contributed by atoms with Crippen LogP contribution in [0, 0.1) is 0 Å². The van der Waals surface area contributed by atoms with Gasteiger partial charge in [-0.25, -0.2) is 0 Å². The fraction of sp³-hybridized carbons (Fsp3) is 1.00. The lowest BCUT2D eigenvalue weighted by Gasteiger charge is -2.49. The Morgan fingerprint density at radius 3 is 1.08 bits per heavy atom. The highest BCUT2D eigenvalue weighted by Gasteiger charge is 2.53. The minimum atomic E-state index is -1.24. The number of halogens is 1. The lowest BCUT2D eigenvalue weighted by atomic mass is 11.6. The molecule has 0 heterocycles. The molecule has 0 rings (SSSR count). The summed E-state index contributed by atoms with van der Waals surface area (Å²) < 4.78 is 0.227. The van der Waals surface area contributed by atoms with Crippen LogP contribution in [0.2, 0.25) is 52.4 Å². The van der Waals surface area contributed by atoms with Gasteiger partial charge < -0.3 is 0 Å². The van der Waals surface area contributed by atoms with Crippen molar-refractivity contribution in [1.82, 2.24) is 0 Å². The van der Waals surface area contributed by atoms with Crippen molar-refractivity contribution in [3.8, 4) is 0 Å².